The Morgan fingerprint density at radius 1 is 1.28 bits per heavy atom. The number of hydrogen-bond donors (Lipinski definition) is 2. The Balaban J connectivity index is 2.05. The minimum atomic E-state index is -1.06. The third kappa shape index (κ3) is 5.85. The van der Waals surface area contributed by atoms with Crippen LogP contribution in [0.25, 0.3) is 0 Å². The van der Waals surface area contributed by atoms with Gasteiger partial charge in [-0.05, 0) is 50.6 Å². The smallest absolute Gasteiger partial charge is 0.341 e. The number of carbonyl (C=O) groups excluding carboxylic acids is 1. The maximum Gasteiger partial charge on any atom is 0.341 e. The lowest BCUT2D eigenvalue weighted by Gasteiger charge is -2.28. The number of nitrogens with one attached hydrogen (secondary N) is 1. The number of thioether (sulfide) groups is 1. The maximum atomic E-state index is 12.5. The van der Waals surface area contributed by atoms with Crippen molar-refractivity contribution in [1.82, 2.24) is 5.32 Å². The molecule has 6 nitrogen and oxygen atoms in total. The lowest BCUT2D eigenvalue weighted by atomic mass is 9.94. The van der Waals surface area contributed by atoms with E-state index in [1.165, 1.54) is 6.42 Å². The molecule has 1 aliphatic rings. The van der Waals surface area contributed by atoms with E-state index in [9.17, 15) is 9.59 Å². The van der Waals surface area contributed by atoms with E-state index in [2.05, 4.69) is 11.6 Å². The van der Waals surface area contributed by atoms with Gasteiger partial charge in [-0.3, -0.25) is 4.79 Å². The van der Waals surface area contributed by atoms with Crippen molar-refractivity contribution in [2.45, 2.75) is 43.9 Å². The van der Waals surface area contributed by atoms with E-state index in [-0.39, 0.29) is 11.9 Å². The molecule has 1 amide bonds. The molecule has 0 bridgehead atoms. The van der Waals surface area contributed by atoms with Gasteiger partial charge in [0.05, 0.1) is 6.61 Å². The average Bonchev–Trinajstić information content (AvgIpc) is 2.60. The summed E-state index contributed by atoms with van der Waals surface area (Å²) in [6, 6.07) is 5.00. The first-order valence-corrected chi connectivity index (χ1v) is 9.77. The molecule has 1 aliphatic carbocycles. The molecular formula is C18H25NO5S. The van der Waals surface area contributed by atoms with E-state index < -0.39 is 12.6 Å². The number of rotatable bonds is 8. The topological polar surface area (TPSA) is 84.9 Å². The van der Waals surface area contributed by atoms with Gasteiger partial charge < -0.3 is 19.9 Å². The number of hydrogen-bond acceptors (Lipinski definition) is 5. The zero-order valence-electron chi connectivity index (χ0n) is 14.6. The van der Waals surface area contributed by atoms with Crippen LogP contribution < -0.4 is 14.8 Å². The first-order valence-electron chi connectivity index (χ1n) is 8.48. The minimum Gasteiger partial charge on any atom is -0.490 e. The predicted molar refractivity (Wildman–Crippen MR) is 97.8 cm³/mol. The molecule has 2 N–H and O–H groups in total. The van der Waals surface area contributed by atoms with Crippen LogP contribution in [-0.4, -0.2) is 47.7 Å². The number of carbonyl (C=O) groups is 2. The van der Waals surface area contributed by atoms with Crippen LogP contribution in [0.3, 0.4) is 0 Å². The summed E-state index contributed by atoms with van der Waals surface area (Å²) in [7, 11) is 0. The summed E-state index contributed by atoms with van der Waals surface area (Å²) >= 11 is 1.86. The molecular weight excluding hydrogens is 342 g/mol. The Morgan fingerprint density at radius 2 is 2.08 bits per heavy atom. The number of ether oxygens (including phenoxy) is 2. The SMILES string of the molecule is CCOc1cc(C(=O)NC2CCCC(SC)C2)ccc1OCC(=O)O. The van der Waals surface area contributed by atoms with Gasteiger partial charge in [-0.2, -0.15) is 11.8 Å². The Morgan fingerprint density at radius 3 is 2.76 bits per heavy atom. The summed E-state index contributed by atoms with van der Waals surface area (Å²) in [4.78, 5) is 23.2. The molecule has 2 atom stereocenters. The highest BCUT2D eigenvalue weighted by atomic mass is 32.2. The van der Waals surface area contributed by atoms with E-state index in [0.29, 0.717) is 28.9 Å². The molecule has 0 heterocycles. The molecule has 138 valence electrons. The van der Waals surface area contributed by atoms with Crippen LogP contribution in [0, 0.1) is 0 Å². The molecule has 0 saturated heterocycles. The van der Waals surface area contributed by atoms with Crippen LogP contribution in [0.4, 0.5) is 0 Å². The maximum absolute atomic E-state index is 12.5. The summed E-state index contributed by atoms with van der Waals surface area (Å²) in [6.07, 6.45) is 6.44. The van der Waals surface area contributed by atoms with Crippen LogP contribution in [0.15, 0.2) is 18.2 Å². The fourth-order valence-corrected chi connectivity index (χ4v) is 3.76. The molecule has 2 rings (SSSR count). The third-order valence-corrected chi connectivity index (χ3v) is 5.25. The second-order valence-corrected chi connectivity index (χ2v) is 7.11. The molecule has 25 heavy (non-hydrogen) atoms. The van der Waals surface area contributed by atoms with Crippen LogP contribution in [-0.2, 0) is 4.79 Å². The highest BCUT2D eigenvalue weighted by molar-refractivity contribution is 7.99. The van der Waals surface area contributed by atoms with Crippen molar-refractivity contribution in [2.24, 2.45) is 0 Å². The van der Waals surface area contributed by atoms with E-state index >= 15 is 0 Å². The standard InChI is InChI=1S/C18H25NO5S/c1-3-23-16-9-12(7-8-15(16)24-11-17(20)21)18(22)19-13-5-4-6-14(10-13)25-2/h7-9,13-14H,3-6,10-11H2,1-2H3,(H,19,22)(H,20,21). The predicted octanol–water partition coefficient (Wildman–Crippen LogP) is 2.95. The van der Waals surface area contributed by atoms with Gasteiger partial charge in [-0.25, -0.2) is 4.79 Å². The van der Waals surface area contributed by atoms with Crippen molar-refractivity contribution >= 4 is 23.6 Å². The Kier molecular flexibility index (Phi) is 7.43. The van der Waals surface area contributed by atoms with Gasteiger partial charge in [-0.1, -0.05) is 6.42 Å². The second kappa shape index (κ2) is 9.56. The van der Waals surface area contributed by atoms with E-state index in [1.54, 1.807) is 18.2 Å². The quantitative estimate of drug-likeness (QED) is 0.735. The second-order valence-electron chi connectivity index (χ2n) is 5.97. The zero-order chi connectivity index (χ0) is 18.2. The van der Waals surface area contributed by atoms with Gasteiger partial charge in [0.1, 0.15) is 0 Å². The molecule has 0 radical (unpaired) electrons. The highest BCUT2D eigenvalue weighted by Crippen LogP contribution is 2.30. The summed E-state index contributed by atoms with van der Waals surface area (Å²) < 4.78 is 10.7. The number of aliphatic carboxylic acids is 1. The lowest BCUT2D eigenvalue weighted by Crippen LogP contribution is -2.39. The molecule has 1 fully saturated rings. The van der Waals surface area contributed by atoms with Crippen molar-refractivity contribution < 1.29 is 24.2 Å². The fourth-order valence-electron chi connectivity index (χ4n) is 2.94. The van der Waals surface area contributed by atoms with Crippen molar-refractivity contribution in [1.29, 1.82) is 0 Å². The summed E-state index contributed by atoms with van der Waals surface area (Å²) in [5, 5.41) is 12.4. The van der Waals surface area contributed by atoms with Crippen LogP contribution in [0.1, 0.15) is 43.0 Å². The molecule has 0 aromatic heterocycles. The summed E-state index contributed by atoms with van der Waals surface area (Å²) in [6.45, 7) is 1.76. The van der Waals surface area contributed by atoms with Gasteiger partial charge in [0.25, 0.3) is 5.91 Å². The number of carboxylic acids is 1. The largest absolute Gasteiger partial charge is 0.490 e. The van der Waals surface area contributed by atoms with Gasteiger partial charge in [0.2, 0.25) is 0 Å². The molecule has 0 aliphatic heterocycles. The first kappa shape index (κ1) is 19.4. The van der Waals surface area contributed by atoms with Crippen LogP contribution >= 0.6 is 11.8 Å². The Labute approximate surface area is 152 Å². The Bertz CT molecular complexity index is 607. The Hall–Kier alpha value is -1.89. The fraction of sp³-hybridized carbons (Fsp3) is 0.556. The molecule has 1 saturated carbocycles. The van der Waals surface area contributed by atoms with Gasteiger partial charge in [0, 0.05) is 16.9 Å². The van der Waals surface area contributed by atoms with Gasteiger partial charge in [-0.15, -0.1) is 0 Å². The van der Waals surface area contributed by atoms with Crippen molar-refractivity contribution in [3.63, 3.8) is 0 Å². The average molecular weight is 367 g/mol. The molecule has 1 aromatic carbocycles. The minimum absolute atomic E-state index is 0.141. The number of carboxylic acid groups (broad SMARTS) is 1. The van der Waals surface area contributed by atoms with Crippen molar-refractivity contribution in [3.8, 4) is 11.5 Å². The van der Waals surface area contributed by atoms with Crippen molar-refractivity contribution in [3.05, 3.63) is 23.8 Å². The van der Waals surface area contributed by atoms with Gasteiger partial charge in [0.15, 0.2) is 18.1 Å². The van der Waals surface area contributed by atoms with Crippen molar-refractivity contribution in [2.75, 3.05) is 19.5 Å². The lowest BCUT2D eigenvalue weighted by molar-refractivity contribution is -0.139. The number of benzene rings is 1. The number of amides is 1. The third-order valence-electron chi connectivity index (χ3n) is 4.15. The zero-order valence-corrected chi connectivity index (χ0v) is 15.4. The summed E-state index contributed by atoms with van der Waals surface area (Å²) in [5.74, 6) is -0.509. The first-order chi connectivity index (χ1) is 12.0. The van der Waals surface area contributed by atoms with Gasteiger partial charge >= 0.3 is 5.97 Å². The van der Waals surface area contributed by atoms with E-state index in [1.807, 2.05) is 18.7 Å². The molecule has 0 spiro atoms. The van der Waals surface area contributed by atoms with E-state index in [0.717, 1.165) is 19.3 Å². The van der Waals surface area contributed by atoms with Crippen LogP contribution in [0.5, 0.6) is 11.5 Å². The highest BCUT2D eigenvalue weighted by Gasteiger charge is 2.23. The monoisotopic (exact) mass is 367 g/mol. The molecule has 1 aromatic rings. The summed E-state index contributed by atoms with van der Waals surface area (Å²) in [5.41, 5.74) is 0.484. The van der Waals surface area contributed by atoms with Crippen LogP contribution in [0.2, 0.25) is 0 Å². The molecule has 7 heteroatoms. The van der Waals surface area contributed by atoms with E-state index in [4.69, 9.17) is 14.6 Å². The molecule has 2 unspecified atom stereocenters. The normalized spacial score (nSPS) is 19.9.